The molecule has 0 aliphatic heterocycles. The number of aromatic nitrogens is 5. The maximum Gasteiger partial charge on any atom is 0.194 e. The Morgan fingerprint density at radius 1 is 1.07 bits per heavy atom. The van der Waals surface area contributed by atoms with E-state index in [1.807, 2.05) is 0 Å². The molecule has 5 nitrogen and oxygen atoms in total. The summed E-state index contributed by atoms with van der Waals surface area (Å²) in [6, 6.07) is 17.5. The second kappa shape index (κ2) is 6.65. The van der Waals surface area contributed by atoms with Gasteiger partial charge < -0.3 is 4.57 Å². The minimum Gasteiger partial charge on any atom is -0.339 e. The molecule has 1 atom stereocenters. The molecule has 0 saturated carbocycles. The molecule has 27 heavy (non-hydrogen) atoms. The van der Waals surface area contributed by atoms with Crippen LogP contribution in [0.1, 0.15) is 43.3 Å². The third-order valence-electron chi connectivity index (χ3n) is 5.86. The van der Waals surface area contributed by atoms with Crippen LogP contribution in [0.15, 0.2) is 54.7 Å². The highest BCUT2D eigenvalue weighted by Crippen LogP contribution is 2.43. The molecule has 1 N–H and O–H groups in total. The van der Waals surface area contributed by atoms with Gasteiger partial charge in [0.15, 0.2) is 5.82 Å². The topological polar surface area (TPSA) is 59.4 Å². The number of para-hydroxylation sites is 1. The number of rotatable bonds is 5. The zero-order valence-corrected chi connectivity index (χ0v) is 16.3. The fourth-order valence-corrected chi connectivity index (χ4v) is 3.89. The molecule has 4 rings (SSSR count). The second-order valence-corrected chi connectivity index (χ2v) is 7.74. The second-order valence-electron chi connectivity index (χ2n) is 7.74. The van der Waals surface area contributed by atoms with Crippen LogP contribution in [0.4, 0.5) is 0 Å². The van der Waals surface area contributed by atoms with Gasteiger partial charge in [-0.3, -0.25) is 0 Å². The van der Waals surface area contributed by atoms with E-state index < -0.39 is 0 Å². The first-order chi connectivity index (χ1) is 13.0. The van der Waals surface area contributed by atoms with Crippen LogP contribution in [0.2, 0.25) is 0 Å². The third kappa shape index (κ3) is 2.93. The van der Waals surface area contributed by atoms with Crippen molar-refractivity contribution in [3.8, 4) is 0 Å². The summed E-state index contributed by atoms with van der Waals surface area (Å²) in [5.74, 6) is 1.12. The van der Waals surface area contributed by atoms with Crippen molar-refractivity contribution < 1.29 is 0 Å². The number of aromatic amines is 1. The lowest BCUT2D eigenvalue weighted by molar-refractivity contribution is 0.407. The van der Waals surface area contributed by atoms with Gasteiger partial charge >= 0.3 is 0 Å². The summed E-state index contributed by atoms with van der Waals surface area (Å²) in [6.07, 6.45) is 2.26. The molecule has 4 aromatic rings. The van der Waals surface area contributed by atoms with Crippen molar-refractivity contribution in [1.82, 2.24) is 25.2 Å². The van der Waals surface area contributed by atoms with Gasteiger partial charge in [0.05, 0.1) is 6.54 Å². The van der Waals surface area contributed by atoms with Crippen molar-refractivity contribution in [3.63, 3.8) is 0 Å². The standard InChI is InChI=1S/C22H25N5/c1-15(2)22(4,17-11-9-16(3)10-12-17)19-13-27(14-21-23-25-26-24-21)20-8-6-5-7-18(19)20/h5-13,15H,14H2,1-4H3,(H,23,24,25,26). The molecule has 0 amide bonds. The van der Waals surface area contributed by atoms with Crippen molar-refractivity contribution in [2.24, 2.45) is 5.92 Å². The molecule has 5 heteroatoms. The minimum atomic E-state index is -0.101. The Kier molecular flexibility index (Phi) is 4.30. The Bertz CT molecular complexity index is 1040. The van der Waals surface area contributed by atoms with Crippen molar-refractivity contribution in [3.05, 3.63) is 77.2 Å². The van der Waals surface area contributed by atoms with Gasteiger partial charge in [-0.1, -0.05) is 74.0 Å². The van der Waals surface area contributed by atoms with Crippen LogP contribution in [0.5, 0.6) is 0 Å². The highest BCUT2D eigenvalue weighted by Gasteiger charge is 2.35. The Hall–Kier alpha value is -2.95. The quantitative estimate of drug-likeness (QED) is 0.572. The van der Waals surface area contributed by atoms with Gasteiger partial charge in [0.1, 0.15) is 0 Å². The number of nitrogens with zero attached hydrogens (tertiary/aromatic N) is 4. The zero-order valence-electron chi connectivity index (χ0n) is 16.3. The number of aryl methyl sites for hydroxylation is 1. The lowest BCUT2D eigenvalue weighted by Gasteiger charge is -2.35. The molecular weight excluding hydrogens is 334 g/mol. The van der Waals surface area contributed by atoms with Crippen LogP contribution in [0.25, 0.3) is 10.9 Å². The number of hydrogen-bond acceptors (Lipinski definition) is 3. The largest absolute Gasteiger partial charge is 0.339 e. The molecule has 0 bridgehead atoms. The van der Waals surface area contributed by atoms with Gasteiger partial charge in [-0.05, 0) is 30.0 Å². The predicted molar refractivity (Wildman–Crippen MR) is 108 cm³/mol. The number of benzene rings is 2. The van der Waals surface area contributed by atoms with E-state index in [2.05, 4.69) is 108 Å². The third-order valence-corrected chi connectivity index (χ3v) is 5.86. The van der Waals surface area contributed by atoms with Crippen molar-refractivity contribution in [2.75, 3.05) is 0 Å². The van der Waals surface area contributed by atoms with Gasteiger partial charge in [-0.2, -0.15) is 5.21 Å². The van der Waals surface area contributed by atoms with E-state index >= 15 is 0 Å². The van der Waals surface area contributed by atoms with E-state index in [9.17, 15) is 0 Å². The number of fused-ring (bicyclic) bond motifs is 1. The summed E-state index contributed by atoms with van der Waals surface area (Å²) < 4.78 is 2.23. The molecule has 2 heterocycles. The summed E-state index contributed by atoms with van der Waals surface area (Å²) >= 11 is 0. The SMILES string of the molecule is Cc1ccc(C(C)(c2cn(Cc3nn[nH]n3)c3ccccc23)C(C)C)cc1. The highest BCUT2D eigenvalue weighted by molar-refractivity contribution is 5.86. The maximum atomic E-state index is 4.12. The summed E-state index contributed by atoms with van der Waals surface area (Å²) in [5.41, 5.74) is 5.04. The fourth-order valence-electron chi connectivity index (χ4n) is 3.89. The molecule has 2 aromatic carbocycles. The van der Waals surface area contributed by atoms with Crippen LogP contribution in [0, 0.1) is 12.8 Å². The van der Waals surface area contributed by atoms with Gasteiger partial charge in [0, 0.05) is 22.5 Å². The van der Waals surface area contributed by atoms with Gasteiger partial charge in [-0.25, -0.2) is 0 Å². The smallest absolute Gasteiger partial charge is 0.194 e. The summed E-state index contributed by atoms with van der Waals surface area (Å²) in [6.45, 7) is 9.67. The Morgan fingerprint density at radius 3 is 2.48 bits per heavy atom. The first-order valence-electron chi connectivity index (χ1n) is 9.38. The molecule has 0 saturated heterocycles. The molecule has 0 fully saturated rings. The number of tetrazole rings is 1. The Labute approximate surface area is 159 Å². The molecular formula is C22H25N5. The highest BCUT2D eigenvalue weighted by atomic mass is 15.5. The molecule has 1 unspecified atom stereocenters. The van der Waals surface area contributed by atoms with Crippen LogP contribution < -0.4 is 0 Å². The normalized spacial score (nSPS) is 14.0. The summed E-state index contributed by atoms with van der Waals surface area (Å²) in [7, 11) is 0. The molecule has 0 aliphatic carbocycles. The van der Waals surface area contributed by atoms with Crippen molar-refractivity contribution in [1.29, 1.82) is 0 Å². The fraction of sp³-hybridized carbons (Fsp3) is 0.318. The first-order valence-corrected chi connectivity index (χ1v) is 9.38. The molecule has 0 radical (unpaired) electrons. The van der Waals surface area contributed by atoms with E-state index in [1.165, 1.54) is 27.6 Å². The lowest BCUT2D eigenvalue weighted by atomic mass is 9.68. The Balaban J connectivity index is 1.91. The average molecular weight is 359 g/mol. The first kappa shape index (κ1) is 17.5. The average Bonchev–Trinajstić information content (AvgIpc) is 3.30. The monoisotopic (exact) mass is 359 g/mol. The Morgan fingerprint density at radius 2 is 1.81 bits per heavy atom. The van der Waals surface area contributed by atoms with Crippen molar-refractivity contribution in [2.45, 2.75) is 39.7 Å². The van der Waals surface area contributed by atoms with Crippen LogP contribution in [-0.4, -0.2) is 25.2 Å². The molecule has 0 spiro atoms. The van der Waals surface area contributed by atoms with Crippen LogP contribution in [-0.2, 0) is 12.0 Å². The van der Waals surface area contributed by atoms with Gasteiger partial charge in [0.25, 0.3) is 0 Å². The predicted octanol–water partition coefficient (Wildman–Crippen LogP) is 4.47. The van der Waals surface area contributed by atoms with E-state index in [0.717, 1.165) is 0 Å². The van der Waals surface area contributed by atoms with Crippen LogP contribution in [0.3, 0.4) is 0 Å². The lowest BCUT2D eigenvalue weighted by Crippen LogP contribution is -2.30. The zero-order chi connectivity index (χ0) is 19.0. The van der Waals surface area contributed by atoms with E-state index in [-0.39, 0.29) is 5.41 Å². The van der Waals surface area contributed by atoms with E-state index in [4.69, 9.17) is 0 Å². The maximum absolute atomic E-state index is 4.12. The summed E-state index contributed by atoms with van der Waals surface area (Å²) in [5, 5.41) is 15.8. The van der Waals surface area contributed by atoms with Gasteiger partial charge in [-0.15, -0.1) is 10.2 Å². The summed E-state index contributed by atoms with van der Waals surface area (Å²) in [4.78, 5) is 0. The van der Waals surface area contributed by atoms with Gasteiger partial charge in [0.2, 0.25) is 0 Å². The number of H-pyrrole nitrogens is 1. The van der Waals surface area contributed by atoms with E-state index in [0.29, 0.717) is 18.3 Å². The minimum absolute atomic E-state index is 0.101. The number of hydrogen-bond donors (Lipinski definition) is 1. The van der Waals surface area contributed by atoms with Crippen molar-refractivity contribution >= 4 is 10.9 Å². The molecule has 0 aliphatic rings. The molecule has 2 aromatic heterocycles. The van der Waals surface area contributed by atoms with Crippen LogP contribution >= 0.6 is 0 Å². The molecule has 138 valence electrons. The number of nitrogens with one attached hydrogen (secondary N) is 1. The van der Waals surface area contributed by atoms with E-state index in [1.54, 1.807) is 0 Å².